The number of carbonyl (C=O) groups is 2. The van der Waals surface area contributed by atoms with Crippen LogP contribution in [0.5, 0.6) is 0 Å². The van der Waals surface area contributed by atoms with Gasteiger partial charge in [-0.05, 0) is 23.8 Å². The number of pyridine rings is 1. The van der Waals surface area contributed by atoms with Crippen LogP contribution in [0.2, 0.25) is 0 Å². The van der Waals surface area contributed by atoms with Crippen LogP contribution in [0.25, 0.3) is 11.7 Å². The van der Waals surface area contributed by atoms with Crippen LogP contribution < -0.4 is 10.6 Å². The standard InChI is InChI=1S/C22H19N5O2S/c28-20(10-9-16-6-2-1-3-7-16)26-22-25-17(15-30-22)12-21(29)23-13-18-14-27-11-5-4-8-19(27)24-18/h1-11,14-15H,12-13H2,(H,23,29)(H,25,26,28)/b10-9+. The molecule has 0 aliphatic heterocycles. The number of benzene rings is 1. The molecule has 8 heteroatoms. The summed E-state index contributed by atoms with van der Waals surface area (Å²) in [4.78, 5) is 33.0. The molecule has 0 spiro atoms. The molecule has 4 rings (SSSR count). The first-order valence-electron chi connectivity index (χ1n) is 9.33. The Morgan fingerprint density at radius 3 is 2.70 bits per heavy atom. The molecule has 0 atom stereocenters. The minimum atomic E-state index is -0.268. The van der Waals surface area contributed by atoms with Gasteiger partial charge >= 0.3 is 0 Å². The van der Waals surface area contributed by atoms with Gasteiger partial charge < -0.3 is 9.72 Å². The molecule has 0 fully saturated rings. The van der Waals surface area contributed by atoms with Gasteiger partial charge in [-0.15, -0.1) is 11.3 Å². The van der Waals surface area contributed by atoms with Gasteiger partial charge in [-0.3, -0.25) is 14.9 Å². The van der Waals surface area contributed by atoms with E-state index in [0.717, 1.165) is 16.9 Å². The lowest BCUT2D eigenvalue weighted by Crippen LogP contribution is -2.24. The first-order valence-corrected chi connectivity index (χ1v) is 10.2. The van der Waals surface area contributed by atoms with Crippen LogP contribution >= 0.6 is 11.3 Å². The van der Waals surface area contributed by atoms with Gasteiger partial charge in [0.2, 0.25) is 11.8 Å². The van der Waals surface area contributed by atoms with Crippen LogP contribution in [-0.2, 0) is 22.6 Å². The maximum Gasteiger partial charge on any atom is 0.250 e. The smallest absolute Gasteiger partial charge is 0.250 e. The Balaban J connectivity index is 1.26. The van der Waals surface area contributed by atoms with Gasteiger partial charge in [0.1, 0.15) is 5.65 Å². The summed E-state index contributed by atoms with van der Waals surface area (Å²) in [5.74, 6) is -0.421. The average Bonchev–Trinajstić information content (AvgIpc) is 3.37. The first kappa shape index (κ1) is 19.5. The van der Waals surface area contributed by atoms with Crippen molar-refractivity contribution in [2.45, 2.75) is 13.0 Å². The van der Waals surface area contributed by atoms with Gasteiger partial charge in [-0.1, -0.05) is 36.4 Å². The molecule has 2 amide bonds. The van der Waals surface area contributed by atoms with Gasteiger partial charge in [-0.25, -0.2) is 9.97 Å². The number of carbonyl (C=O) groups excluding carboxylic acids is 2. The van der Waals surface area contributed by atoms with Gasteiger partial charge in [0.25, 0.3) is 0 Å². The van der Waals surface area contributed by atoms with Crippen molar-refractivity contribution in [3.05, 3.63) is 89.3 Å². The number of nitrogens with one attached hydrogen (secondary N) is 2. The van der Waals surface area contributed by atoms with Crippen LogP contribution in [0.4, 0.5) is 5.13 Å². The number of imidazole rings is 1. The van der Waals surface area contributed by atoms with Crippen molar-refractivity contribution < 1.29 is 9.59 Å². The van der Waals surface area contributed by atoms with Crippen molar-refractivity contribution in [3.8, 4) is 0 Å². The van der Waals surface area contributed by atoms with Crippen molar-refractivity contribution in [2.75, 3.05) is 5.32 Å². The Hall–Kier alpha value is -3.78. The molecule has 30 heavy (non-hydrogen) atoms. The third-order valence-corrected chi connectivity index (χ3v) is 5.04. The lowest BCUT2D eigenvalue weighted by Gasteiger charge is -2.01. The van der Waals surface area contributed by atoms with E-state index < -0.39 is 0 Å². The van der Waals surface area contributed by atoms with Crippen molar-refractivity contribution in [1.29, 1.82) is 0 Å². The number of anilines is 1. The highest BCUT2D eigenvalue weighted by Gasteiger charge is 2.10. The van der Waals surface area contributed by atoms with Crippen molar-refractivity contribution in [2.24, 2.45) is 0 Å². The minimum Gasteiger partial charge on any atom is -0.350 e. The molecular weight excluding hydrogens is 398 g/mol. The van der Waals surface area contributed by atoms with E-state index in [-0.39, 0.29) is 18.2 Å². The van der Waals surface area contributed by atoms with E-state index in [1.807, 2.05) is 65.3 Å². The molecule has 0 saturated heterocycles. The van der Waals surface area contributed by atoms with Gasteiger partial charge in [0.05, 0.1) is 24.4 Å². The topological polar surface area (TPSA) is 88.4 Å². The van der Waals surface area contributed by atoms with E-state index in [2.05, 4.69) is 20.6 Å². The molecule has 7 nitrogen and oxygen atoms in total. The monoisotopic (exact) mass is 417 g/mol. The molecule has 3 heterocycles. The number of hydrogen-bond acceptors (Lipinski definition) is 5. The Morgan fingerprint density at radius 2 is 1.87 bits per heavy atom. The van der Waals surface area contributed by atoms with Gasteiger partial charge in [-0.2, -0.15) is 0 Å². The fraction of sp³-hybridized carbons (Fsp3) is 0.0909. The average molecular weight is 417 g/mol. The molecule has 3 aromatic heterocycles. The molecule has 0 aliphatic carbocycles. The summed E-state index contributed by atoms with van der Waals surface area (Å²) in [7, 11) is 0. The zero-order valence-electron chi connectivity index (χ0n) is 16.0. The van der Waals surface area contributed by atoms with E-state index in [4.69, 9.17) is 0 Å². The minimum absolute atomic E-state index is 0.138. The van der Waals surface area contributed by atoms with Crippen molar-refractivity contribution in [3.63, 3.8) is 0 Å². The van der Waals surface area contributed by atoms with Crippen LogP contribution in [-0.4, -0.2) is 26.2 Å². The summed E-state index contributed by atoms with van der Waals surface area (Å²) in [6.07, 6.45) is 7.12. The quantitative estimate of drug-likeness (QED) is 0.452. The third-order valence-electron chi connectivity index (χ3n) is 4.23. The molecule has 0 saturated carbocycles. The van der Waals surface area contributed by atoms with E-state index in [9.17, 15) is 9.59 Å². The van der Waals surface area contributed by atoms with Crippen LogP contribution in [0.3, 0.4) is 0 Å². The summed E-state index contributed by atoms with van der Waals surface area (Å²) < 4.78 is 1.91. The fourth-order valence-electron chi connectivity index (χ4n) is 2.82. The molecule has 0 unspecified atom stereocenters. The SMILES string of the molecule is O=C(/C=C/c1ccccc1)Nc1nc(CC(=O)NCc2cn3ccccc3n2)cs1. The van der Waals surface area contributed by atoms with Gasteiger partial charge in [0.15, 0.2) is 5.13 Å². The predicted molar refractivity (Wildman–Crippen MR) is 117 cm³/mol. The van der Waals surface area contributed by atoms with E-state index in [1.54, 1.807) is 11.5 Å². The Bertz CT molecular complexity index is 1160. The zero-order chi connectivity index (χ0) is 20.8. The molecule has 0 bridgehead atoms. The van der Waals surface area contributed by atoms with Crippen molar-refractivity contribution in [1.82, 2.24) is 19.7 Å². The summed E-state index contributed by atoms with van der Waals surface area (Å²) in [6, 6.07) is 15.3. The normalized spacial score (nSPS) is 11.1. The molecule has 150 valence electrons. The number of nitrogens with zero attached hydrogens (tertiary/aromatic N) is 3. The molecule has 4 aromatic rings. The zero-order valence-corrected chi connectivity index (χ0v) is 16.8. The predicted octanol–water partition coefficient (Wildman–Crippen LogP) is 3.30. The van der Waals surface area contributed by atoms with Crippen LogP contribution in [0, 0.1) is 0 Å². The summed E-state index contributed by atoms with van der Waals surface area (Å²) >= 11 is 1.29. The summed E-state index contributed by atoms with van der Waals surface area (Å²) in [5, 5.41) is 7.79. The van der Waals surface area contributed by atoms with Gasteiger partial charge in [0, 0.05) is 23.8 Å². The number of fused-ring (bicyclic) bond motifs is 1. The second kappa shape index (κ2) is 9.15. The molecule has 2 N–H and O–H groups in total. The summed E-state index contributed by atoms with van der Waals surface area (Å²) in [6.45, 7) is 0.346. The highest BCUT2D eigenvalue weighted by atomic mass is 32.1. The Labute approximate surface area is 177 Å². The number of hydrogen-bond donors (Lipinski definition) is 2. The fourth-order valence-corrected chi connectivity index (χ4v) is 3.53. The lowest BCUT2D eigenvalue weighted by atomic mass is 10.2. The van der Waals surface area contributed by atoms with Crippen LogP contribution in [0.15, 0.2) is 72.4 Å². The maximum atomic E-state index is 12.2. The Morgan fingerprint density at radius 1 is 1.03 bits per heavy atom. The van der Waals surface area contributed by atoms with Crippen molar-refractivity contribution >= 4 is 40.0 Å². The Kier molecular flexibility index (Phi) is 5.95. The second-order valence-corrected chi connectivity index (χ2v) is 7.39. The first-order chi connectivity index (χ1) is 14.7. The van der Waals surface area contributed by atoms with E-state index in [1.165, 1.54) is 17.4 Å². The van der Waals surface area contributed by atoms with E-state index >= 15 is 0 Å². The lowest BCUT2D eigenvalue weighted by molar-refractivity contribution is -0.120. The second-order valence-electron chi connectivity index (χ2n) is 6.53. The summed E-state index contributed by atoms with van der Waals surface area (Å²) in [5.41, 5.74) is 3.17. The molecular formula is C22H19N5O2S. The largest absolute Gasteiger partial charge is 0.350 e. The molecule has 0 radical (unpaired) electrons. The van der Waals surface area contributed by atoms with Crippen LogP contribution in [0.1, 0.15) is 17.0 Å². The van der Waals surface area contributed by atoms with E-state index in [0.29, 0.717) is 17.4 Å². The number of amides is 2. The molecule has 1 aromatic carbocycles. The number of rotatable bonds is 7. The highest BCUT2D eigenvalue weighted by Crippen LogP contribution is 2.16. The third kappa shape index (κ3) is 5.18. The molecule has 0 aliphatic rings. The maximum absolute atomic E-state index is 12.2. The highest BCUT2D eigenvalue weighted by molar-refractivity contribution is 7.14. The number of thiazole rings is 1. The number of aromatic nitrogens is 3.